The van der Waals surface area contributed by atoms with E-state index in [-0.39, 0.29) is 11.3 Å². The maximum absolute atomic E-state index is 14.0. The summed E-state index contributed by atoms with van der Waals surface area (Å²) in [6.07, 6.45) is 9.55. The highest BCUT2D eigenvalue weighted by atomic mass is 19.2. The van der Waals surface area contributed by atoms with Gasteiger partial charge in [0.05, 0.1) is 5.56 Å². The lowest BCUT2D eigenvalue weighted by molar-refractivity contribution is 0.0726. The summed E-state index contributed by atoms with van der Waals surface area (Å²) in [6.45, 7) is 5.43. The second-order valence-corrected chi connectivity index (χ2v) is 8.86. The summed E-state index contributed by atoms with van der Waals surface area (Å²) in [5, 5.41) is 0. The number of halogens is 2. The molecule has 0 saturated heterocycles. The third-order valence-corrected chi connectivity index (χ3v) is 7.05. The number of rotatable bonds is 4. The van der Waals surface area contributed by atoms with Crippen molar-refractivity contribution >= 4 is 5.97 Å². The van der Waals surface area contributed by atoms with E-state index in [1.165, 1.54) is 63.1 Å². The maximum atomic E-state index is 14.0. The van der Waals surface area contributed by atoms with Crippen molar-refractivity contribution in [1.29, 1.82) is 0 Å². The summed E-state index contributed by atoms with van der Waals surface area (Å²) < 4.78 is 32.7. The molecule has 0 aromatic heterocycles. The predicted molar refractivity (Wildman–Crippen MR) is 114 cm³/mol. The molecule has 0 bridgehead atoms. The van der Waals surface area contributed by atoms with E-state index in [1.54, 1.807) is 12.1 Å². The fraction of sp³-hybridized carbons (Fsp3) is 0.423. The summed E-state index contributed by atoms with van der Waals surface area (Å²) in [6, 6.07) is 10.1. The highest BCUT2D eigenvalue weighted by Gasteiger charge is 2.35. The first kappa shape index (κ1) is 20.8. The molecule has 4 heteroatoms. The van der Waals surface area contributed by atoms with E-state index < -0.39 is 17.6 Å². The van der Waals surface area contributed by atoms with Gasteiger partial charge in [-0.15, -0.1) is 6.58 Å². The molecule has 158 valence electrons. The van der Waals surface area contributed by atoms with Gasteiger partial charge in [0.2, 0.25) is 5.82 Å². The number of ether oxygens (including phenoxy) is 1. The molecule has 4 rings (SSSR count). The minimum Gasteiger partial charge on any atom is -0.420 e. The Kier molecular flexibility index (Phi) is 6.03. The number of benzene rings is 2. The normalized spacial score (nSPS) is 26.0. The van der Waals surface area contributed by atoms with Crippen LogP contribution in [0.3, 0.4) is 0 Å². The van der Waals surface area contributed by atoms with Crippen LogP contribution in [0.15, 0.2) is 49.1 Å². The molecular formula is C26H28F2O2. The van der Waals surface area contributed by atoms with Gasteiger partial charge < -0.3 is 4.74 Å². The van der Waals surface area contributed by atoms with Crippen molar-refractivity contribution in [1.82, 2.24) is 0 Å². The Labute approximate surface area is 177 Å². The Balaban J connectivity index is 1.40. The number of allylic oxidation sites excluding steroid dienone is 1. The number of carbonyl (C=O) groups is 1. The lowest BCUT2D eigenvalue weighted by Crippen LogP contribution is -2.29. The molecule has 0 aliphatic heterocycles. The third kappa shape index (κ3) is 4.19. The van der Waals surface area contributed by atoms with Gasteiger partial charge in [0.1, 0.15) is 0 Å². The van der Waals surface area contributed by atoms with Crippen molar-refractivity contribution in [2.45, 2.75) is 51.4 Å². The van der Waals surface area contributed by atoms with Crippen LogP contribution in [-0.4, -0.2) is 5.97 Å². The molecule has 0 spiro atoms. The quantitative estimate of drug-likeness (QED) is 0.309. The van der Waals surface area contributed by atoms with Gasteiger partial charge in [0, 0.05) is 0 Å². The number of aryl methyl sites for hydroxylation is 1. The summed E-state index contributed by atoms with van der Waals surface area (Å²) in [5.41, 5.74) is 1.74. The van der Waals surface area contributed by atoms with Gasteiger partial charge in [-0.1, -0.05) is 24.3 Å². The zero-order chi connectivity index (χ0) is 21.3. The molecule has 2 aliphatic carbocycles. The Morgan fingerprint density at radius 1 is 0.967 bits per heavy atom. The average molecular weight is 411 g/mol. The van der Waals surface area contributed by atoms with Crippen molar-refractivity contribution in [2.24, 2.45) is 17.8 Å². The van der Waals surface area contributed by atoms with Gasteiger partial charge in [-0.25, -0.2) is 9.18 Å². The molecule has 0 heterocycles. The van der Waals surface area contributed by atoms with Gasteiger partial charge >= 0.3 is 5.97 Å². The first-order valence-electron chi connectivity index (χ1n) is 10.9. The SMILES string of the molecule is C=CC1CCC2CC(c3ccc(C(=O)Oc4ccc(C)c(F)c4F)cc3)CCC2C1. The number of hydrogen-bond donors (Lipinski definition) is 0. The fourth-order valence-electron chi connectivity index (χ4n) is 5.20. The van der Waals surface area contributed by atoms with E-state index in [0.717, 1.165) is 11.8 Å². The molecule has 2 nitrogen and oxygen atoms in total. The van der Waals surface area contributed by atoms with Crippen LogP contribution in [0.2, 0.25) is 0 Å². The molecular weight excluding hydrogens is 382 g/mol. The maximum Gasteiger partial charge on any atom is 0.343 e. The first-order chi connectivity index (χ1) is 14.5. The Morgan fingerprint density at radius 3 is 2.40 bits per heavy atom. The van der Waals surface area contributed by atoms with Crippen molar-refractivity contribution in [3.05, 3.63) is 77.4 Å². The third-order valence-electron chi connectivity index (χ3n) is 7.05. The Hall–Kier alpha value is -2.49. The largest absolute Gasteiger partial charge is 0.420 e. The zero-order valence-electron chi connectivity index (χ0n) is 17.4. The highest BCUT2D eigenvalue weighted by molar-refractivity contribution is 5.91. The van der Waals surface area contributed by atoms with Crippen molar-refractivity contribution in [2.75, 3.05) is 0 Å². The molecule has 2 aromatic carbocycles. The molecule has 2 aromatic rings. The molecule has 4 atom stereocenters. The monoisotopic (exact) mass is 410 g/mol. The topological polar surface area (TPSA) is 26.3 Å². The van der Waals surface area contributed by atoms with Gasteiger partial charge in [0.25, 0.3) is 0 Å². The van der Waals surface area contributed by atoms with Crippen LogP contribution in [0.5, 0.6) is 5.75 Å². The number of hydrogen-bond acceptors (Lipinski definition) is 2. The fourth-order valence-corrected chi connectivity index (χ4v) is 5.20. The number of fused-ring (bicyclic) bond motifs is 1. The van der Waals surface area contributed by atoms with Crippen LogP contribution < -0.4 is 4.74 Å². The first-order valence-corrected chi connectivity index (χ1v) is 10.9. The smallest absolute Gasteiger partial charge is 0.343 e. The molecule has 0 amide bonds. The molecule has 4 unspecified atom stereocenters. The second kappa shape index (κ2) is 8.71. The standard InChI is InChI=1S/C26H28F2O2/c1-3-17-5-6-22-15-21(12-11-20(22)14-17)18-7-9-19(10-8-18)26(29)30-23-13-4-16(2)24(27)25(23)28/h3-4,7-10,13,17,20-22H,1,5-6,11-12,14-15H2,2H3. The minimum absolute atomic E-state index is 0.171. The molecule has 2 aliphatic rings. The number of esters is 1. The number of carbonyl (C=O) groups excluding carboxylic acids is 1. The van der Waals surface area contributed by atoms with Crippen LogP contribution in [0.25, 0.3) is 0 Å². The predicted octanol–water partition coefficient (Wildman–Crippen LogP) is 6.98. The Morgan fingerprint density at radius 2 is 1.67 bits per heavy atom. The lowest BCUT2D eigenvalue weighted by atomic mass is 9.64. The van der Waals surface area contributed by atoms with E-state index >= 15 is 0 Å². The highest BCUT2D eigenvalue weighted by Crippen LogP contribution is 2.47. The molecule has 2 saturated carbocycles. The van der Waals surface area contributed by atoms with Gasteiger partial charge in [-0.3, -0.25) is 0 Å². The summed E-state index contributed by atoms with van der Waals surface area (Å²) in [7, 11) is 0. The Bertz CT molecular complexity index is 935. The van der Waals surface area contributed by atoms with Crippen LogP contribution in [0.4, 0.5) is 8.78 Å². The molecule has 0 radical (unpaired) electrons. The van der Waals surface area contributed by atoms with Crippen LogP contribution in [0.1, 0.15) is 65.9 Å². The van der Waals surface area contributed by atoms with Gasteiger partial charge in [0.15, 0.2) is 11.6 Å². The van der Waals surface area contributed by atoms with E-state index in [4.69, 9.17) is 4.74 Å². The average Bonchev–Trinajstić information content (AvgIpc) is 2.78. The molecule has 30 heavy (non-hydrogen) atoms. The van der Waals surface area contributed by atoms with Crippen LogP contribution >= 0.6 is 0 Å². The van der Waals surface area contributed by atoms with Crippen LogP contribution in [-0.2, 0) is 0 Å². The zero-order valence-corrected chi connectivity index (χ0v) is 17.4. The van der Waals surface area contributed by atoms with E-state index in [1.807, 2.05) is 12.1 Å². The van der Waals surface area contributed by atoms with Crippen LogP contribution in [0, 0.1) is 36.3 Å². The van der Waals surface area contributed by atoms with Gasteiger partial charge in [-0.2, -0.15) is 4.39 Å². The van der Waals surface area contributed by atoms with E-state index in [0.29, 0.717) is 17.4 Å². The lowest BCUT2D eigenvalue weighted by Gasteiger charge is -2.41. The van der Waals surface area contributed by atoms with Crippen molar-refractivity contribution in [3.8, 4) is 5.75 Å². The molecule has 0 N–H and O–H groups in total. The van der Waals surface area contributed by atoms with Gasteiger partial charge in [-0.05, 0) is 98.4 Å². The summed E-state index contributed by atoms with van der Waals surface area (Å²) in [4.78, 5) is 12.4. The second-order valence-electron chi connectivity index (χ2n) is 8.86. The van der Waals surface area contributed by atoms with E-state index in [9.17, 15) is 13.6 Å². The molecule has 2 fully saturated rings. The van der Waals surface area contributed by atoms with Crippen molar-refractivity contribution in [3.63, 3.8) is 0 Å². The van der Waals surface area contributed by atoms with Crippen molar-refractivity contribution < 1.29 is 18.3 Å². The summed E-state index contributed by atoms with van der Waals surface area (Å²) >= 11 is 0. The minimum atomic E-state index is -1.14. The summed E-state index contributed by atoms with van der Waals surface area (Å²) in [5.74, 6) is -0.409. The van der Waals surface area contributed by atoms with E-state index in [2.05, 4.69) is 12.7 Å².